The fraction of sp³-hybridized carbons (Fsp3) is 0.556. The minimum atomic E-state index is 0.0313. The highest BCUT2D eigenvalue weighted by Gasteiger charge is 2.18. The number of carbonyl (C=O) groups is 1. The smallest absolute Gasteiger partial charge is 0.271 e. The van der Waals surface area contributed by atoms with Gasteiger partial charge < -0.3 is 4.90 Å². The maximum atomic E-state index is 11.5. The van der Waals surface area contributed by atoms with Gasteiger partial charge in [0.15, 0.2) is 0 Å². The predicted molar refractivity (Wildman–Crippen MR) is 49.4 cm³/mol. The summed E-state index contributed by atoms with van der Waals surface area (Å²) in [5.41, 5.74) is 1.62. The van der Waals surface area contributed by atoms with Crippen molar-refractivity contribution in [2.75, 3.05) is 20.1 Å². The summed E-state index contributed by atoms with van der Waals surface area (Å²) in [6.45, 7) is 5.26. The molecule has 0 fully saturated rings. The number of hydrogen-bond acceptors (Lipinski definition) is 2. The summed E-state index contributed by atoms with van der Waals surface area (Å²) in [5, 5.41) is 0. The Bertz CT molecular complexity index is 253. The van der Waals surface area contributed by atoms with E-state index in [1.807, 2.05) is 19.9 Å². The van der Waals surface area contributed by atoms with Gasteiger partial charge in [-0.1, -0.05) is 6.08 Å². The summed E-state index contributed by atoms with van der Waals surface area (Å²) in [4.78, 5) is 17.3. The van der Waals surface area contributed by atoms with Crippen LogP contribution in [0.3, 0.4) is 0 Å². The topological polar surface area (TPSA) is 32.7 Å². The number of nitrogens with zero attached hydrogens (tertiary/aromatic N) is 2. The molecule has 1 amide bonds. The Balaban J connectivity index is 2.72. The molecular formula is C9H14N2O. The van der Waals surface area contributed by atoms with Crippen LogP contribution in [0, 0.1) is 0 Å². The van der Waals surface area contributed by atoms with Crippen molar-refractivity contribution >= 4 is 11.6 Å². The molecule has 3 heteroatoms. The normalized spacial score (nSPS) is 15.6. The largest absolute Gasteiger partial charge is 0.341 e. The monoisotopic (exact) mass is 166 g/mol. The van der Waals surface area contributed by atoms with Crippen LogP contribution in [-0.2, 0) is 4.79 Å². The maximum absolute atomic E-state index is 11.5. The highest BCUT2D eigenvalue weighted by atomic mass is 16.2. The molecule has 0 bridgehead atoms. The number of carbonyl (C=O) groups excluding carboxylic acids is 1. The van der Waals surface area contributed by atoms with Crippen LogP contribution in [0.25, 0.3) is 0 Å². The van der Waals surface area contributed by atoms with E-state index in [0.29, 0.717) is 12.3 Å². The van der Waals surface area contributed by atoms with Crippen LogP contribution >= 0.6 is 0 Å². The van der Waals surface area contributed by atoms with E-state index >= 15 is 0 Å². The van der Waals surface area contributed by atoms with Gasteiger partial charge >= 0.3 is 0 Å². The Kier molecular flexibility index (Phi) is 2.63. The first-order valence-electron chi connectivity index (χ1n) is 4.14. The van der Waals surface area contributed by atoms with Crippen LogP contribution in [-0.4, -0.2) is 36.7 Å². The van der Waals surface area contributed by atoms with Gasteiger partial charge in [0.25, 0.3) is 5.91 Å². The van der Waals surface area contributed by atoms with Gasteiger partial charge in [-0.05, 0) is 19.4 Å². The second-order valence-corrected chi connectivity index (χ2v) is 2.90. The molecule has 0 aromatic rings. The van der Waals surface area contributed by atoms with Crippen molar-refractivity contribution in [3.63, 3.8) is 0 Å². The second kappa shape index (κ2) is 3.52. The summed E-state index contributed by atoms with van der Waals surface area (Å²) in [6.07, 6.45) is 1.97. The molecule has 0 radical (unpaired) electrons. The third-order valence-electron chi connectivity index (χ3n) is 2.04. The van der Waals surface area contributed by atoms with Crippen molar-refractivity contribution in [1.29, 1.82) is 0 Å². The van der Waals surface area contributed by atoms with Crippen molar-refractivity contribution < 1.29 is 4.79 Å². The van der Waals surface area contributed by atoms with Crippen molar-refractivity contribution in [2.24, 2.45) is 4.99 Å². The Morgan fingerprint density at radius 1 is 1.75 bits per heavy atom. The molecule has 0 spiro atoms. The number of rotatable bonds is 2. The predicted octanol–water partition coefficient (Wildman–Crippen LogP) is 0.866. The van der Waals surface area contributed by atoms with E-state index in [0.717, 1.165) is 12.1 Å². The van der Waals surface area contributed by atoms with E-state index in [1.165, 1.54) is 0 Å². The third-order valence-corrected chi connectivity index (χ3v) is 2.04. The molecule has 0 saturated carbocycles. The highest BCUT2D eigenvalue weighted by Crippen LogP contribution is 2.07. The molecule has 0 aromatic heterocycles. The minimum absolute atomic E-state index is 0.0313. The Hall–Kier alpha value is -1.12. The first kappa shape index (κ1) is 8.97. The lowest BCUT2D eigenvalue weighted by Crippen LogP contribution is -2.32. The Labute approximate surface area is 72.8 Å². The molecule has 1 aliphatic heterocycles. The van der Waals surface area contributed by atoms with E-state index in [-0.39, 0.29) is 5.91 Å². The van der Waals surface area contributed by atoms with E-state index in [4.69, 9.17) is 0 Å². The van der Waals surface area contributed by atoms with Gasteiger partial charge in [0.05, 0.1) is 6.54 Å². The van der Waals surface area contributed by atoms with E-state index in [1.54, 1.807) is 11.9 Å². The number of aliphatic imine (C=N–C) groups is 1. The van der Waals surface area contributed by atoms with Gasteiger partial charge in [0.2, 0.25) is 0 Å². The molecule has 3 nitrogen and oxygen atoms in total. The van der Waals surface area contributed by atoms with E-state index in [2.05, 4.69) is 4.99 Å². The first-order chi connectivity index (χ1) is 5.66. The maximum Gasteiger partial charge on any atom is 0.271 e. The van der Waals surface area contributed by atoms with Crippen molar-refractivity contribution in [1.82, 2.24) is 4.90 Å². The summed E-state index contributed by atoms with van der Waals surface area (Å²) in [7, 11) is 1.79. The molecule has 1 aliphatic rings. The van der Waals surface area contributed by atoms with Gasteiger partial charge in [-0.15, -0.1) is 0 Å². The summed E-state index contributed by atoms with van der Waals surface area (Å²) >= 11 is 0. The lowest BCUT2D eigenvalue weighted by Gasteiger charge is -2.14. The zero-order chi connectivity index (χ0) is 9.14. The quantitative estimate of drug-likeness (QED) is 0.599. The van der Waals surface area contributed by atoms with Crippen molar-refractivity contribution in [2.45, 2.75) is 13.8 Å². The molecule has 12 heavy (non-hydrogen) atoms. The molecule has 0 N–H and O–H groups in total. The lowest BCUT2D eigenvalue weighted by molar-refractivity contribution is -0.122. The van der Waals surface area contributed by atoms with Crippen molar-refractivity contribution in [3.8, 4) is 0 Å². The Morgan fingerprint density at radius 2 is 2.42 bits per heavy atom. The van der Waals surface area contributed by atoms with Gasteiger partial charge in [0.1, 0.15) is 5.71 Å². The fourth-order valence-electron chi connectivity index (χ4n) is 1.06. The van der Waals surface area contributed by atoms with Crippen LogP contribution in [0.5, 0.6) is 0 Å². The molecule has 1 heterocycles. The van der Waals surface area contributed by atoms with Crippen LogP contribution in [0.2, 0.25) is 0 Å². The van der Waals surface area contributed by atoms with Crippen molar-refractivity contribution in [3.05, 3.63) is 11.6 Å². The SMILES string of the molecule is CCN(C)C(=O)C1=NCC=C1C. The minimum Gasteiger partial charge on any atom is -0.341 e. The van der Waals surface area contributed by atoms with Gasteiger partial charge in [-0.25, -0.2) is 0 Å². The number of hydrogen-bond donors (Lipinski definition) is 0. The zero-order valence-corrected chi connectivity index (χ0v) is 7.79. The number of amides is 1. The summed E-state index contributed by atoms with van der Waals surface area (Å²) < 4.78 is 0. The summed E-state index contributed by atoms with van der Waals surface area (Å²) in [6, 6.07) is 0. The average molecular weight is 166 g/mol. The molecule has 0 aliphatic carbocycles. The standard InChI is InChI=1S/C9H14N2O/c1-4-11(3)9(12)8-7(2)5-6-10-8/h5H,4,6H2,1-3H3. The molecule has 0 saturated heterocycles. The van der Waals surface area contributed by atoms with Crippen LogP contribution in [0.15, 0.2) is 16.6 Å². The second-order valence-electron chi connectivity index (χ2n) is 2.90. The van der Waals surface area contributed by atoms with E-state index in [9.17, 15) is 4.79 Å². The van der Waals surface area contributed by atoms with Crippen LogP contribution in [0.1, 0.15) is 13.8 Å². The van der Waals surface area contributed by atoms with Gasteiger partial charge in [-0.2, -0.15) is 0 Å². The first-order valence-corrected chi connectivity index (χ1v) is 4.14. The fourth-order valence-corrected chi connectivity index (χ4v) is 1.06. The molecule has 0 aromatic carbocycles. The molecule has 0 atom stereocenters. The summed E-state index contributed by atoms with van der Waals surface area (Å²) in [5.74, 6) is 0.0313. The molecular weight excluding hydrogens is 152 g/mol. The van der Waals surface area contributed by atoms with Gasteiger partial charge in [0, 0.05) is 13.6 Å². The lowest BCUT2D eigenvalue weighted by atomic mass is 10.2. The average Bonchev–Trinajstić information content (AvgIpc) is 2.48. The zero-order valence-electron chi connectivity index (χ0n) is 7.79. The molecule has 0 unspecified atom stereocenters. The van der Waals surface area contributed by atoms with Gasteiger partial charge in [-0.3, -0.25) is 9.79 Å². The van der Waals surface area contributed by atoms with Crippen LogP contribution in [0.4, 0.5) is 0 Å². The van der Waals surface area contributed by atoms with Crippen LogP contribution < -0.4 is 0 Å². The Morgan fingerprint density at radius 3 is 2.83 bits per heavy atom. The molecule has 66 valence electrons. The highest BCUT2D eigenvalue weighted by molar-refractivity contribution is 6.45. The van der Waals surface area contributed by atoms with E-state index < -0.39 is 0 Å². The molecule has 1 rings (SSSR count). The third kappa shape index (κ3) is 1.55.